The summed E-state index contributed by atoms with van der Waals surface area (Å²) in [7, 11) is 0. The minimum atomic E-state index is -0.714. The molecule has 4 aliphatic rings. The molecule has 17 nitrogen and oxygen atoms in total. The monoisotopic (exact) mass is 784 g/mol. The molecule has 57 heavy (non-hydrogen) atoms. The van der Waals surface area contributed by atoms with Crippen LogP contribution in [0.15, 0.2) is 48.6 Å². The normalized spacial score (nSPS) is 19.3. The van der Waals surface area contributed by atoms with Gasteiger partial charge in [0.2, 0.25) is 35.4 Å². The highest BCUT2D eigenvalue weighted by atomic mass is 16.5. The van der Waals surface area contributed by atoms with Crippen LogP contribution in [0.25, 0.3) is 12.2 Å². The van der Waals surface area contributed by atoms with Crippen LogP contribution in [0, 0.1) is 0 Å². The van der Waals surface area contributed by atoms with E-state index in [0.29, 0.717) is 48.7 Å². The van der Waals surface area contributed by atoms with Gasteiger partial charge in [-0.05, 0) is 59.4 Å². The van der Waals surface area contributed by atoms with Crippen molar-refractivity contribution in [2.24, 2.45) is 0 Å². The van der Waals surface area contributed by atoms with Gasteiger partial charge in [0, 0.05) is 62.3 Å². The largest absolute Gasteiger partial charge is 0.377 e. The average molecular weight is 785 g/mol. The van der Waals surface area contributed by atoms with Crippen molar-refractivity contribution >= 4 is 59.4 Å². The Kier molecular flexibility index (Phi) is 13.7. The summed E-state index contributed by atoms with van der Waals surface area (Å²) >= 11 is 0. The topological polar surface area (TPSA) is 219 Å². The minimum Gasteiger partial charge on any atom is -0.377 e. The van der Waals surface area contributed by atoms with Crippen LogP contribution in [0.3, 0.4) is 0 Å². The molecule has 0 spiro atoms. The van der Waals surface area contributed by atoms with Gasteiger partial charge in [-0.1, -0.05) is 24.3 Å². The first kappa shape index (κ1) is 40.6. The van der Waals surface area contributed by atoms with Crippen LogP contribution in [0.5, 0.6) is 0 Å². The van der Waals surface area contributed by atoms with Gasteiger partial charge in [-0.25, -0.2) is 0 Å². The summed E-state index contributed by atoms with van der Waals surface area (Å²) in [5.41, 5.74) is 3.76. The molecular weight excluding hydrogens is 740 g/mol. The second kappa shape index (κ2) is 19.2. The number of carbonyl (C=O) groups excluding carboxylic acids is 8. The molecule has 4 N–H and O–H groups in total. The summed E-state index contributed by atoms with van der Waals surface area (Å²) in [6.07, 6.45) is 6.89. The zero-order valence-corrected chi connectivity index (χ0v) is 31.2. The number of ether oxygens (including phenoxy) is 3. The predicted octanol–water partition coefficient (Wildman–Crippen LogP) is 0.217. The fourth-order valence-electron chi connectivity index (χ4n) is 7.01. The number of hydrogen-bond donors (Lipinski definition) is 4. The van der Waals surface area contributed by atoms with Crippen LogP contribution in [0.2, 0.25) is 0 Å². The zero-order chi connectivity index (χ0) is 40.3. The van der Waals surface area contributed by atoms with Gasteiger partial charge in [0.15, 0.2) is 0 Å². The van der Waals surface area contributed by atoms with Crippen molar-refractivity contribution in [2.45, 2.75) is 50.9 Å². The molecule has 8 amide bonds. The summed E-state index contributed by atoms with van der Waals surface area (Å²) in [6, 6.07) is 8.97. The second-order valence-corrected chi connectivity index (χ2v) is 13.6. The number of imide groups is 2. The molecule has 0 radical (unpaired) electrons. The van der Waals surface area contributed by atoms with E-state index in [-0.39, 0.29) is 101 Å². The van der Waals surface area contributed by atoms with Gasteiger partial charge in [-0.15, -0.1) is 0 Å². The average Bonchev–Trinajstić information content (AvgIpc) is 3.71. The van der Waals surface area contributed by atoms with Gasteiger partial charge >= 0.3 is 0 Å². The smallest absolute Gasteiger partial charge is 0.255 e. The number of nitrogens with zero attached hydrogens (tertiary/aromatic N) is 2. The van der Waals surface area contributed by atoms with E-state index in [1.54, 1.807) is 48.6 Å². The summed E-state index contributed by atoms with van der Waals surface area (Å²) in [5.74, 6) is -2.88. The van der Waals surface area contributed by atoms with Crippen LogP contribution in [-0.2, 0) is 56.1 Å². The molecule has 2 saturated heterocycles. The van der Waals surface area contributed by atoms with Crippen LogP contribution < -0.4 is 21.3 Å². The lowest BCUT2D eigenvalue weighted by Crippen LogP contribution is -2.52. The van der Waals surface area contributed by atoms with E-state index < -0.39 is 23.9 Å². The van der Waals surface area contributed by atoms with Crippen LogP contribution >= 0.6 is 0 Å². The molecule has 300 valence electrons. The molecular formula is C40H44N6O11. The fraction of sp³-hybridized carbons (Fsp3) is 0.400. The van der Waals surface area contributed by atoms with Gasteiger partial charge in [-0.2, -0.15) is 0 Å². The molecule has 4 aliphatic heterocycles. The van der Waals surface area contributed by atoms with Crippen molar-refractivity contribution < 1.29 is 52.6 Å². The quantitative estimate of drug-likeness (QED) is 0.0911. The van der Waals surface area contributed by atoms with Crippen molar-refractivity contribution in [2.75, 3.05) is 52.7 Å². The summed E-state index contributed by atoms with van der Waals surface area (Å²) < 4.78 is 16.5. The van der Waals surface area contributed by atoms with E-state index in [2.05, 4.69) is 21.3 Å². The number of benzene rings is 2. The highest BCUT2D eigenvalue weighted by molar-refractivity contribution is 6.07. The fourth-order valence-corrected chi connectivity index (χ4v) is 7.01. The molecule has 0 saturated carbocycles. The maximum atomic E-state index is 13.0. The Morgan fingerprint density at radius 3 is 1.42 bits per heavy atom. The summed E-state index contributed by atoms with van der Waals surface area (Å²) in [6.45, 7) is 2.80. The molecule has 4 heterocycles. The van der Waals surface area contributed by atoms with E-state index in [0.717, 1.165) is 11.1 Å². The van der Waals surface area contributed by atoms with Gasteiger partial charge < -0.3 is 34.6 Å². The maximum Gasteiger partial charge on any atom is 0.255 e. The lowest BCUT2D eigenvalue weighted by Gasteiger charge is -2.29. The van der Waals surface area contributed by atoms with Crippen molar-refractivity contribution in [3.8, 4) is 0 Å². The van der Waals surface area contributed by atoms with Crippen molar-refractivity contribution in [3.05, 3.63) is 81.9 Å². The molecule has 6 rings (SSSR count). The van der Waals surface area contributed by atoms with Crippen molar-refractivity contribution in [1.82, 2.24) is 31.1 Å². The first-order chi connectivity index (χ1) is 27.6. The highest BCUT2D eigenvalue weighted by Gasteiger charge is 2.41. The molecule has 0 bridgehead atoms. The number of fused-ring (bicyclic) bond motifs is 2. The summed E-state index contributed by atoms with van der Waals surface area (Å²) in [5, 5.41) is 10.1. The Hall–Kier alpha value is -6.04. The lowest BCUT2D eigenvalue weighted by atomic mass is 10.0. The molecule has 2 atom stereocenters. The summed E-state index contributed by atoms with van der Waals surface area (Å²) in [4.78, 5) is 101. The predicted molar refractivity (Wildman–Crippen MR) is 202 cm³/mol. The third-order valence-corrected chi connectivity index (χ3v) is 9.90. The number of piperidine rings is 2. The number of carbonyl (C=O) groups is 8. The van der Waals surface area contributed by atoms with Gasteiger partial charge in [0.1, 0.15) is 12.1 Å². The Labute approximate surface area is 328 Å². The van der Waals surface area contributed by atoms with Gasteiger partial charge in [-0.3, -0.25) is 49.0 Å². The van der Waals surface area contributed by atoms with Gasteiger partial charge in [0.25, 0.3) is 11.8 Å². The zero-order valence-electron chi connectivity index (χ0n) is 31.2. The standard InChI is InChI=1S/C40H44N6O11/c47-33(11-7-25-3-1-5-27-29(25)23-45(39(27)53)31-9-13-35(49)43-37(31)51)41-15-17-55-19-21-57-22-20-56-18-16-42-34(48)12-8-26-4-2-6-28-30(26)24-46(40(28)54)32-10-14-36(50)44-38(32)52/h1-8,11-12,31-32H,9-10,13-24H2,(H,41,47)(H,42,48)(H,43,49,51)(H,44,50,52)/b11-7+,12-8+. The number of nitrogens with one attached hydrogen (secondary N) is 4. The molecule has 2 fully saturated rings. The first-order valence-electron chi connectivity index (χ1n) is 18.8. The van der Waals surface area contributed by atoms with Crippen LogP contribution in [-0.4, -0.2) is 122 Å². The number of hydrogen-bond acceptors (Lipinski definition) is 11. The van der Waals surface area contributed by atoms with E-state index in [1.165, 1.54) is 22.0 Å². The van der Waals surface area contributed by atoms with Crippen molar-refractivity contribution in [1.29, 1.82) is 0 Å². The van der Waals surface area contributed by atoms with E-state index in [4.69, 9.17) is 14.2 Å². The first-order valence-corrected chi connectivity index (χ1v) is 18.8. The van der Waals surface area contributed by atoms with Gasteiger partial charge in [0.05, 0.1) is 39.6 Å². The van der Waals surface area contributed by atoms with Crippen LogP contribution in [0.1, 0.15) is 68.7 Å². The molecule has 2 unspecified atom stereocenters. The Balaban J connectivity index is 0.786. The van der Waals surface area contributed by atoms with Crippen LogP contribution in [0.4, 0.5) is 0 Å². The van der Waals surface area contributed by atoms with E-state index in [9.17, 15) is 38.4 Å². The molecule has 2 aromatic rings. The Bertz CT molecular complexity index is 1860. The van der Waals surface area contributed by atoms with E-state index >= 15 is 0 Å². The maximum absolute atomic E-state index is 13.0. The minimum absolute atomic E-state index is 0.172. The number of amides is 8. The highest BCUT2D eigenvalue weighted by Crippen LogP contribution is 2.31. The molecule has 0 aromatic heterocycles. The Morgan fingerprint density at radius 1 is 0.614 bits per heavy atom. The lowest BCUT2D eigenvalue weighted by molar-refractivity contribution is -0.138. The SMILES string of the molecule is O=C(/C=C/c1cccc2c1CN(C1CCC(=O)NC1=O)C2=O)NCCOCCOCCOCCNC(=O)/C=C/c1cccc2c1CN(C1CCC(=O)NC1=O)C2=O. The molecule has 17 heteroatoms. The Morgan fingerprint density at radius 2 is 1.02 bits per heavy atom. The second-order valence-electron chi connectivity index (χ2n) is 13.6. The third kappa shape index (κ3) is 10.2. The third-order valence-electron chi connectivity index (χ3n) is 9.90. The number of rotatable bonds is 18. The molecule has 2 aromatic carbocycles. The molecule has 0 aliphatic carbocycles. The van der Waals surface area contributed by atoms with E-state index in [1.807, 2.05) is 0 Å². The van der Waals surface area contributed by atoms with Crippen molar-refractivity contribution in [3.63, 3.8) is 0 Å².